The number of benzene rings is 1. The number of aliphatic hydroxyl groups excluding tert-OH is 1. The van der Waals surface area contributed by atoms with Crippen LogP contribution in [0.2, 0.25) is 0 Å². The summed E-state index contributed by atoms with van der Waals surface area (Å²) in [6, 6.07) is 6.20. The quantitative estimate of drug-likeness (QED) is 0.848. The van der Waals surface area contributed by atoms with Crippen molar-refractivity contribution >= 4 is 0 Å². The van der Waals surface area contributed by atoms with Gasteiger partial charge in [-0.1, -0.05) is 12.1 Å². The van der Waals surface area contributed by atoms with Crippen molar-refractivity contribution in [2.45, 2.75) is 6.10 Å². The Bertz CT molecular complexity index is 409. The third-order valence-electron chi connectivity index (χ3n) is 3.74. The molecule has 0 aliphatic carbocycles. The van der Waals surface area contributed by atoms with Crippen LogP contribution >= 0.6 is 0 Å². The molecule has 0 amide bonds. The predicted octanol–water partition coefficient (Wildman–Crippen LogP) is 1.12. The molecule has 2 rings (SSSR count). The molecule has 0 saturated carbocycles. The molecule has 5 heteroatoms. The molecule has 0 spiro atoms. The molecule has 1 aromatic carbocycles. The van der Waals surface area contributed by atoms with Gasteiger partial charge in [0.15, 0.2) is 0 Å². The van der Waals surface area contributed by atoms with Gasteiger partial charge < -0.3 is 9.84 Å². The Balaban J connectivity index is 1.77. The van der Waals surface area contributed by atoms with Crippen LogP contribution in [0.4, 0.5) is 4.39 Å². The fourth-order valence-corrected chi connectivity index (χ4v) is 2.48. The van der Waals surface area contributed by atoms with Gasteiger partial charge in [0.1, 0.15) is 5.82 Å². The predicted molar refractivity (Wildman–Crippen MR) is 76.1 cm³/mol. The highest BCUT2D eigenvalue weighted by atomic mass is 19.1. The Morgan fingerprint density at radius 1 is 1.25 bits per heavy atom. The zero-order valence-electron chi connectivity index (χ0n) is 12.0. The lowest BCUT2D eigenvalue weighted by atomic mass is 10.1. The SMILES string of the molecule is COCCN1CCN(C[C@H](O)c2cccc(F)c2)CC1. The van der Waals surface area contributed by atoms with Crippen LogP contribution in [0, 0.1) is 5.82 Å². The van der Waals surface area contributed by atoms with Crippen molar-refractivity contribution in [3.05, 3.63) is 35.6 Å². The second-order valence-electron chi connectivity index (χ2n) is 5.21. The van der Waals surface area contributed by atoms with Crippen molar-refractivity contribution < 1.29 is 14.2 Å². The lowest BCUT2D eigenvalue weighted by molar-refractivity contribution is 0.0610. The molecule has 1 aromatic rings. The Morgan fingerprint density at radius 3 is 2.60 bits per heavy atom. The molecular formula is C15H23FN2O2. The van der Waals surface area contributed by atoms with Crippen LogP contribution in [0.5, 0.6) is 0 Å². The van der Waals surface area contributed by atoms with Crippen molar-refractivity contribution in [3.63, 3.8) is 0 Å². The second kappa shape index (κ2) is 7.69. The minimum absolute atomic E-state index is 0.300. The van der Waals surface area contributed by atoms with Gasteiger partial charge in [-0.2, -0.15) is 0 Å². The molecule has 0 aromatic heterocycles. The number of halogens is 1. The van der Waals surface area contributed by atoms with Crippen molar-refractivity contribution in [1.82, 2.24) is 9.80 Å². The summed E-state index contributed by atoms with van der Waals surface area (Å²) in [5.41, 5.74) is 0.645. The summed E-state index contributed by atoms with van der Waals surface area (Å²) in [6.45, 7) is 6.09. The number of methoxy groups -OCH3 is 1. The van der Waals surface area contributed by atoms with Gasteiger partial charge in [-0.05, 0) is 17.7 Å². The van der Waals surface area contributed by atoms with Crippen molar-refractivity contribution in [2.75, 3.05) is 53.0 Å². The highest BCUT2D eigenvalue weighted by Crippen LogP contribution is 2.16. The molecule has 112 valence electrons. The smallest absolute Gasteiger partial charge is 0.123 e. The average Bonchev–Trinajstić information content (AvgIpc) is 2.46. The van der Waals surface area contributed by atoms with E-state index in [1.54, 1.807) is 19.2 Å². The molecule has 4 nitrogen and oxygen atoms in total. The van der Waals surface area contributed by atoms with Crippen LogP contribution in [0.3, 0.4) is 0 Å². The van der Waals surface area contributed by atoms with Crippen LogP contribution in [0.1, 0.15) is 11.7 Å². The second-order valence-corrected chi connectivity index (χ2v) is 5.21. The molecule has 1 fully saturated rings. The Kier molecular flexibility index (Phi) is 5.91. The van der Waals surface area contributed by atoms with Crippen LogP contribution < -0.4 is 0 Å². The van der Waals surface area contributed by atoms with Crippen molar-refractivity contribution in [2.24, 2.45) is 0 Å². The van der Waals surface area contributed by atoms with E-state index in [1.807, 2.05) is 0 Å². The first-order valence-corrected chi connectivity index (χ1v) is 7.06. The van der Waals surface area contributed by atoms with Crippen LogP contribution in [0.25, 0.3) is 0 Å². The summed E-state index contributed by atoms with van der Waals surface area (Å²) in [4.78, 5) is 4.58. The summed E-state index contributed by atoms with van der Waals surface area (Å²) in [6.07, 6.45) is -0.628. The minimum atomic E-state index is -0.628. The third kappa shape index (κ3) is 4.52. The summed E-state index contributed by atoms with van der Waals surface area (Å²) in [5.74, 6) is -0.300. The molecule has 1 N–H and O–H groups in total. The number of nitrogens with zero attached hydrogens (tertiary/aromatic N) is 2. The number of ether oxygens (including phenoxy) is 1. The maximum atomic E-state index is 13.1. The monoisotopic (exact) mass is 282 g/mol. The van der Waals surface area contributed by atoms with E-state index in [-0.39, 0.29) is 5.82 Å². The fraction of sp³-hybridized carbons (Fsp3) is 0.600. The maximum Gasteiger partial charge on any atom is 0.123 e. The van der Waals surface area contributed by atoms with Gasteiger partial charge in [0.2, 0.25) is 0 Å². The minimum Gasteiger partial charge on any atom is -0.387 e. The zero-order chi connectivity index (χ0) is 14.4. The number of hydrogen-bond donors (Lipinski definition) is 1. The van der Waals surface area contributed by atoms with Gasteiger partial charge in [-0.3, -0.25) is 9.80 Å². The van der Waals surface area contributed by atoms with E-state index in [0.29, 0.717) is 12.1 Å². The lowest BCUT2D eigenvalue weighted by Gasteiger charge is -2.35. The highest BCUT2D eigenvalue weighted by Gasteiger charge is 2.19. The summed E-state index contributed by atoms with van der Waals surface area (Å²) >= 11 is 0. The summed E-state index contributed by atoms with van der Waals surface area (Å²) in [7, 11) is 1.71. The Hall–Kier alpha value is -1.01. The van der Waals surface area contributed by atoms with Gasteiger partial charge in [-0.25, -0.2) is 4.39 Å². The van der Waals surface area contributed by atoms with Crippen LogP contribution in [-0.2, 0) is 4.74 Å². The molecule has 0 unspecified atom stereocenters. The van der Waals surface area contributed by atoms with E-state index in [9.17, 15) is 9.50 Å². The van der Waals surface area contributed by atoms with E-state index in [1.165, 1.54) is 12.1 Å². The largest absolute Gasteiger partial charge is 0.387 e. The molecular weight excluding hydrogens is 259 g/mol. The van der Waals surface area contributed by atoms with E-state index >= 15 is 0 Å². The fourth-order valence-electron chi connectivity index (χ4n) is 2.48. The first-order chi connectivity index (χ1) is 9.69. The molecule has 0 radical (unpaired) electrons. The normalized spacial score (nSPS) is 19.1. The van der Waals surface area contributed by atoms with E-state index < -0.39 is 6.10 Å². The molecule has 1 atom stereocenters. The van der Waals surface area contributed by atoms with E-state index in [2.05, 4.69) is 9.80 Å². The van der Waals surface area contributed by atoms with E-state index in [0.717, 1.165) is 39.3 Å². The average molecular weight is 282 g/mol. The van der Waals surface area contributed by atoms with Crippen LogP contribution in [-0.4, -0.2) is 67.9 Å². The number of β-amino-alcohol motifs (C(OH)–C–C–N with tert-alkyl or cyclic N) is 1. The van der Waals surface area contributed by atoms with Crippen molar-refractivity contribution in [1.29, 1.82) is 0 Å². The molecule has 1 aliphatic heterocycles. The van der Waals surface area contributed by atoms with Crippen LogP contribution in [0.15, 0.2) is 24.3 Å². The van der Waals surface area contributed by atoms with E-state index in [4.69, 9.17) is 4.74 Å². The van der Waals surface area contributed by atoms with Crippen molar-refractivity contribution in [3.8, 4) is 0 Å². The van der Waals surface area contributed by atoms with Gasteiger partial charge in [0, 0.05) is 46.4 Å². The molecule has 1 aliphatic rings. The molecule has 1 saturated heterocycles. The topological polar surface area (TPSA) is 35.9 Å². The number of rotatable bonds is 6. The number of hydrogen-bond acceptors (Lipinski definition) is 4. The first kappa shape index (κ1) is 15.4. The van der Waals surface area contributed by atoms with Gasteiger partial charge in [0.25, 0.3) is 0 Å². The zero-order valence-corrected chi connectivity index (χ0v) is 12.0. The summed E-state index contributed by atoms with van der Waals surface area (Å²) in [5, 5.41) is 10.2. The summed E-state index contributed by atoms with van der Waals surface area (Å²) < 4.78 is 18.2. The Morgan fingerprint density at radius 2 is 1.95 bits per heavy atom. The van der Waals surface area contributed by atoms with Gasteiger partial charge in [-0.15, -0.1) is 0 Å². The first-order valence-electron chi connectivity index (χ1n) is 7.06. The maximum absolute atomic E-state index is 13.1. The van der Waals surface area contributed by atoms with Gasteiger partial charge in [0.05, 0.1) is 12.7 Å². The molecule has 20 heavy (non-hydrogen) atoms. The molecule has 1 heterocycles. The van der Waals surface area contributed by atoms with Gasteiger partial charge >= 0.3 is 0 Å². The Labute approximate surface area is 119 Å². The lowest BCUT2D eigenvalue weighted by Crippen LogP contribution is -2.48. The highest BCUT2D eigenvalue weighted by molar-refractivity contribution is 5.19. The number of piperazine rings is 1. The standard InChI is InChI=1S/C15H23FN2O2/c1-20-10-9-17-5-7-18(8-6-17)12-15(19)13-3-2-4-14(16)11-13/h2-4,11,15,19H,5-10,12H2,1H3/t15-/m0/s1. The third-order valence-corrected chi connectivity index (χ3v) is 3.74. The number of aliphatic hydroxyl groups is 1. The molecule has 0 bridgehead atoms.